The summed E-state index contributed by atoms with van der Waals surface area (Å²) in [6.07, 6.45) is 0. The maximum Gasteiger partial charge on any atom is 0.180 e. The minimum absolute atomic E-state index is 0.732. The standard InChI is InChI=1S/C13H11IN4/c1-15-11-6-5-10-13(17-11)18-12(16-10)8-3-2-4-9(14)7-8/h2-7H,1H3,(H2,15,16,17,18). The molecule has 0 amide bonds. The summed E-state index contributed by atoms with van der Waals surface area (Å²) in [5.41, 5.74) is 2.75. The van der Waals surface area contributed by atoms with Gasteiger partial charge in [0.15, 0.2) is 5.65 Å². The molecule has 0 aliphatic carbocycles. The summed E-state index contributed by atoms with van der Waals surface area (Å²) >= 11 is 2.29. The van der Waals surface area contributed by atoms with Crippen LogP contribution >= 0.6 is 22.6 Å². The van der Waals surface area contributed by atoms with Gasteiger partial charge in [0.2, 0.25) is 0 Å². The summed E-state index contributed by atoms with van der Waals surface area (Å²) < 4.78 is 1.19. The van der Waals surface area contributed by atoms with Gasteiger partial charge in [-0.1, -0.05) is 12.1 Å². The van der Waals surface area contributed by atoms with Gasteiger partial charge in [0.1, 0.15) is 11.6 Å². The molecule has 4 nitrogen and oxygen atoms in total. The zero-order chi connectivity index (χ0) is 12.5. The smallest absolute Gasteiger partial charge is 0.180 e. The molecule has 3 rings (SSSR count). The zero-order valence-corrected chi connectivity index (χ0v) is 11.9. The molecule has 2 aromatic heterocycles. The van der Waals surface area contributed by atoms with Crippen LogP contribution in [0.5, 0.6) is 0 Å². The van der Waals surface area contributed by atoms with Gasteiger partial charge in [0, 0.05) is 16.2 Å². The number of aromatic amines is 1. The van der Waals surface area contributed by atoms with E-state index < -0.39 is 0 Å². The molecule has 0 radical (unpaired) electrons. The van der Waals surface area contributed by atoms with Gasteiger partial charge in [-0.25, -0.2) is 9.97 Å². The highest BCUT2D eigenvalue weighted by molar-refractivity contribution is 14.1. The van der Waals surface area contributed by atoms with Crippen molar-refractivity contribution in [2.75, 3.05) is 12.4 Å². The van der Waals surface area contributed by atoms with Crippen LogP contribution in [0.1, 0.15) is 0 Å². The molecule has 1 aromatic carbocycles. The molecule has 0 aliphatic heterocycles. The first-order valence-electron chi connectivity index (χ1n) is 5.57. The van der Waals surface area contributed by atoms with E-state index in [0.717, 1.165) is 28.4 Å². The molecular formula is C13H11IN4. The van der Waals surface area contributed by atoms with E-state index in [1.54, 1.807) is 0 Å². The third-order valence-electron chi connectivity index (χ3n) is 2.70. The average molecular weight is 350 g/mol. The van der Waals surface area contributed by atoms with Gasteiger partial charge in [0.25, 0.3) is 0 Å². The number of pyridine rings is 1. The number of H-pyrrole nitrogens is 1. The number of hydrogen-bond donors (Lipinski definition) is 2. The number of halogens is 1. The van der Waals surface area contributed by atoms with Crippen LogP contribution in [0, 0.1) is 3.57 Å². The van der Waals surface area contributed by atoms with Crippen molar-refractivity contribution in [1.29, 1.82) is 0 Å². The molecule has 0 saturated carbocycles. The van der Waals surface area contributed by atoms with Gasteiger partial charge >= 0.3 is 0 Å². The van der Waals surface area contributed by atoms with Crippen molar-refractivity contribution in [2.45, 2.75) is 0 Å². The monoisotopic (exact) mass is 350 g/mol. The topological polar surface area (TPSA) is 53.6 Å². The van der Waals surface area contributed by atoms with Crippen LogP contribution < -0.4 is 5.32 Å². The van der Waals surface area contributed by atoms with Crippen LogP contribution in [-0.4, -0.2) is 22.0 Å². The molecule has 0 fully saturated rings. The second kappa shape index (κ2) is 4.56. The van der Waals surface area contributed by atoms with E-state index in [9.17, 15) is 0 Å². The number of hydrogen-bond acceptors (Lipinski definition) is 3. The molecule has 5 heteroatoms. The summed E-state index contributed by atoms with van der Waals surface area (Å²) in [5.74, 6) is 1.67. The largest absolute Gasteiger partial charge is 0.373 e. The molecule has 0 atom stereocenters. The Morgan fingerprint density at radius 2 is 2.06 bits per heavy atom. The molecule has 0 spiro atoms. The van der Waals surface area contributed by atoms with Gasteiger partial charge in [0.05, 0.1) is 5.52 Å². The van der Waals surface area contributed by atoms with Crippen LogP contribution in [0.25, 0.3) is 22.6 Å². The Morgan fingerprint density at radius 3 is 2.83 bits per heavy atom. The molecule has 0 aliphatic rings. The first-order chi connectivity index (χ1) is 8.76. The lowest BCUT2D eigenvalue weighted by molar-refractivity contribution is 1.28. The second-order valence-corrected chi connectivity index (χ2v) is 5.16. The van der Waals surface area contributed by atoms with Gasteiger partial charge in [-0.15, -0.1) is 0 Å². The van der Waals surface area contributed by atoms with Crippen molar-refractivity contribution < 1.29 is 0 Å². The zero-order valence-electron chi connectivity index (χ0n) is 9.74. The summed E-state index contributed by atoms with van der Waals surface area (Å²) in [7, 11) is 1.85. The lowest BCUT2D eigenvalue weighted by atomic mass is 10.2. The van der Waals surface area contributed by atoms with Gasteiger partial charge in [-0.2, -0.15) is 0 Å². The molecule has 3 aromatic rings. The van der Waals surface area contributed by atoms with Crippen molar-refractivity contribution in [1.82, 2.24) is 15.0 Å². The van der Waals surface area contributed by atoms with E-state index >= 15 is 0 Å². The Balaban J connectivity index is 2.13. The third-order valence-corrected chi connectivity index (χ3v) is 3.37. The molecule has 0 bridgehead atoms. The summed E-state index contributed by atoms with van der Waals surface area (Å²) in [4.78, 5) is 12.2. The minimum atomic E-state index is 0.732. The lowest BCUT2D eigenvalue weighted by Gasteiger charge is -1.96. The van der Waals surface area contributed by atoms with Crippen LogP contribution in [0.4, 0.5) is 5.82 Å². The number of rotatable bonds is 2. The van der Waals surface area contributed by atoms with E-state index in [0.29, 0.717) is 0 Å². The molecule has 2 N–H and O–H groups in total. The average Bonchev–Trinajstić information content (AvgIpc) is 2.81. The SMILES string of the molecule is CNc1ccc2[nH]c(-c3cccc(I)c3)nc2n1. The number of fused-ring (bicyclic) bond motifs is 1. The fourth-order valence-electron chi connectivity index (χ4n) is 1.80. The van der Waals surface area contributed by atoms with E-state index in [1.807, 2.05) is 31.3 Å². The number of benzene rings is 1. The van der Waals surface area contributed by atoms with E-state index in [2.05, 4.69) is 55.0 Å². The van der Waals surface area contributed by atoms with Crippen molar-refractivity contribution in [3.63, 3.8) is 0 Å². The number of imidazole rings is 1. The highest BCUT2D eigenvalue weighted by Gasteiger charge is 2.06. The number of aromatic nitrogens is 3. The Hall–Kier alpha value is -1.63. The fourth-order valence-corrected chi connectivity index (χ4v) is 2.35. The molecule has 18 heavy (non-hydrogen) atoms. The van der Waals surface area contributed by atoms with Crippen LogP contribution in [0.15, 0.2) is 36.4 Å². The highest BCUT2D eigenvalue weighted by atomic mass is 127. The van der Waals surface area contributed by atoms with E-state index in [1.165, 1.54) is 3.57 Å². The normalized spacial score (nSPS) is 10.8. The maximum absolute atomic E-state index is 4.52. The van der Waals surface area contributed by atoms with Crippen molar-refractivity contribution in [3.05, 3.63) is 40.0 Å². The van der Waals surface area contributed by atoms with Gasteiger partial charge < -0.3 is 10.3 Å². The number of anilines is 1. The van der Waals surface area contributed by atoms with Crippen molar-refractivity contribution in [2.24, 2.45) is 0 Å². The predicted molar refractivity (Wildman–Crippen MR) is 81.6 cm³/mol. The maximum atomic E-state index is 4.52. The molecule has 0 unspecified atom stereocenters. The minimum Gasteiger partial charge on any atom is -0.373 e. The van der Waals surface area contributed by atoms with Crippen LogP contribution in [0.3, 0.4) is 0 Å². The highest BCUT2D eigenvalue weighted by Crippen LogP contribution is 2.21. The fraction of sp³-hybridized carbons (Fsp3) is 0.0769. The van der Waals surface area contributed by atoms with Gasteiger partial charge in [-0.3, -0.25) is 0 Å². The quantitative estimate of drug-likeness (QED) is 0.698. The Labute approximate surface area is 118 Å². The summed E-state index contributed by atoms with van der Waals surface area (Å²) in [6, 6.07) is 12.1. The molecule has 2 heterocycles. The van der Waals surface area contributed by atoms with E-state index in [-0.39, 0.29) is 0 Å². The van der Waals surface area contributed by atoms with Gasteiger partial charge in [-0.05, 0) is 46.9 Å². The number of nitrogens with one attached hydrogen (secondary N) is 2. The Kier molecular flexibility index (Phi) is 2.91. The Bertz CT molecular complexity index is 705. The second-order valence-electron chi connectivity index (χ2n) is 3.91. The van der Waals surface area contributed by atoms with Crippen LogP contribution in [0.2, 0.25) is 0 Å². The summed E-state index contributed by atoms with van der Waals surface area (Å²) in [5, 5.41) is 3.01. The Morgan fingerprint density at radius 1 is 1.17 bits per heavy atom. The summed E-state index contributed by atoms with van der Waals surface area (Å²) in [6.45, 7) is 0. The lowest BCUT2D eigenvalue weighted by Crippen LogP contribution is -1.91. The first-order valence-corrected chi connectivity index (χ1v) is 6.64. The first kappa shape index (κ1) is 11.5. The van der Waals surface area contributed by atoms with Crippen LogP contribution in [-0.2, 0) is 0 Å². The predicted octanol–water partition coefficient (Wildman–Crippen LogP) is 3.27. The number of nitrogens with zero attached hydrogens (tertiary/aromatic N) is 2. The van der Waals surface area contributed by atoms with E-state index in [4.69, 9.17) is 0 Å². The third kappa shape index (κ3) is 2.05. The molecule has 0 saturated heterocycles. The molecular weight excluding hydrogens is 339 g/mol. The van der Waals surface area contributed by atoms with Crippen molar-refractivity contribution >= 4 is 39.6 Å². The van der Waals surface area contributed by atoms with Crippen molar-refractivity contribution in [3.8, 4) is 11.4 Å². The molecule has 90 valence electrons.